The molecule has 0 fully saturated rings. The van der Waals surface area contributed by atoms with Crippen LogP contribution in [-0.4, -0.2) is 4.98 Å². The highest BCUT2D eigenvalue weighted by molar-refractivity contribution is 5.65. The molecule has 0 radical (unpaired) electrons. The molecule has 0 aliphatic heterocycles. The number of pyridine rings is 1. The van der Waals surface area contributed by atoms with E-state index in [1.807, 2.05) is 0 Å². The number of alkyl halides is 3. The number of hydrogen-bond acceptors (Lipinski definition) is 1. The topological polar surface area (TPSA) is 12.9 Å². The number of halogens is 9. The van der Waals surface area contributed by atoms with Crippen molar-refractivity contribution in [1.29, 1.82) is 0 Å². The molecule has 1 heterocycles. The average Bonchev–Trinajstić information content (AvgIpc) is 2.43. The summed E-state index contributed by atoms with van der Waals surface area (Å²) in [4.78, 5) is 2.42. The number of hydrogen-bond donors (Lipinski definition) is 0. The predicted octanol–water partition coefficient (Wildman–Crippen LogP) is 4.60. The van der Waals surface area contributed by atoms with Crippen LogP contribution in [0.25, 0.3) is 11.1 Å². The van der Waals surface area contributed by atoms with Gasteiger partial charge < -0.3 is 0 Å². The molecule has 1 nitrogen and oxygen atoms in total. The molecule has 2 aromatic rings. The standard InChI is InChI=1S/C12H2F9N/c13-6-5(7(14)9(16)10(17)8(6)15)3-1-2-4(12(19,20)21)22-11(3)18/h1-2H. The third-order valence-electron chi connectivity index (χ3n) is 2.62. The largest absolute Gasteiger partial charge is 0.433 e. The van der Waals surface area contributed by atoms with Crippen LogP contribution in [0.15, 0.2) is 12.1 Å². The third kappa shape index (κ3) is 2.48. The van der Waals surface area contributed by atoms with Gasteiger partial charge in [-0.05, 0) is 12.1 Å². The maximum atomic E-state index is 13.5. The molecule has 0 N–H and O–H groups in total. The van der Waals surface area contributed by atoms with Gasteiger partial charge in [0, 0.05) is 5.56 Å². The maximum Gasteiger partial charge on any atom is 0.433 e. The second kappa shape index (κ2) is 5.18. The minimum Gasteiger partial charge on any atom is -0.215 e. The molecule has 0 saturated heterocycles. The lowest BCUT2D eigenvalue weighted by molar-refractivity contribution is -0.141. The molecule has 0 saturated carbocycles. The van der Waals surface area contributed by atoms with Gasteiger partial charge in [-0.15, -0.1) is 0 Å². The highest BCUT2D eigenvalue weighted by Crippen LogP contribution is 2.34. The average molecular weight is 331 g/mol. The van der Waals surface area contributed by atoms with Gasteiger partial charge in [-0.3, -0.25) is 0 Å². The van der Waals surface area contributed by atoms with E-state index in [9.17, 15) is 39.5 Å². The van der Waals surface area contributed by atoms with Gasteiger partial charge in [-0.1, -0.05) is 0 Å². The summed E-state index contributed by atoms with van der Waals surface area (Å²) in [6.07, 6.45) is -5.05. The predicted molar refractivity (Wildman–Crippen MR) is 54.4 cm³/mol. The van der Waals surface area contributed by atoms with E-state index in [1.165, 1.54) is 0 Å². The Morgan fingerprint density at radius 1 is 0.682 bits per heavy atom. The van der Waals surface area contributed by atoms with Crippen molar-refractivity contribution in [2.45, 2.75) is 6.18 Å². The fourth-order valence-corrected chi connectivity index (χ4v) is 1.62. The normalized spacial score (nSPS) is 11.9. The smallest absolute Gasteiger partial charge is 0.215 e. The summed E-state index contributed by atoms with van der Waals surface area (Å²) in [6, 6.07) is 0.375. The molecule has 0 bridgehead atoms. The van der Waals surface area contributed by atoms with Gasteiger partial charge in [0.05, 0.1) is 5.56 Å². The Kier molecular flexibility index (Phi) is 3.80. The summed E-state index contributed by atoms with van der Waals surface area (Å²) >= 11 is 0. The van der Waals surface area contributed by atoms with E-state index >= 15 is 0 Å². The summed E-state index contributed by atoms with van der Waals surface area (Å²) in [5, 5.41) is 0. The Balaban J connectivity index is 2.74. The van der Waals surface area contributed by atoms with Gasteiger partial charge in [0.15, 0.2) is 23.3 Å². The second-order valence-corrected chi connectivity index (χ2v) is 3.98. The SMILES string of the molecule is Fc1nc(C(F)(F)F)ccc1-c1c(F)c(F)c(F)c(F)c1F. The van der Waals surface area contributed by atoms with E-state index in [0.29, 0.717) is 0 Å². The third-order valence-corrected chi connectivity index (χ3v) is 2.62. The van der Waals surface area contributed by atoms with E-state index < -0.39 is 58.0 Å². The van der Waals surface area contributed by atoms with Gasteiger partial charge in [0.1, 0.15) is 5.69 Å². The Hall–Kier alpha value is -2.26. The molecule has 2 rings (SSSR count). The fraction of sp³-hybridized carbons (Fsp3) is 0.0833. The zero-order valence-corrected chi connectivity index (χ0v) is 10.0. The van der Waals surface area contributed by atoms with E-state index in [1.54, 1.807) is 0 Å². The lowest BCUT2D eigenvalue weighted by Gasteiger charge is -2.11. The fourth-order valence-electron chi connectivity index (χ4n) is 1.62. The molecule has 0 spiro atoms. The lowest BCUT2D eigenvalue weighted by Crippen LogP contribution is -2.11. The molecular formula is C12H2F9N. The van der Waals surface area contributed by atoms with Crippen LogP contribution in [0, 0.1) is 35.0 Å². The minimum atomic E-state index is -5.05. The first-order valence-electron chi connectivity index (χ1n) is 5.31. The van der Waals surface area contributed by atoms with Crippen LogP contribution in [0.5, 0.6) is 0 Å². The van der Waals surface area contributed by atoms with E-state index in [4.69, 9.17) is 0 Å². The second-order valence-electron chi connectivity index (χ2n) is 3.98. The van der Waals surface area contributed by atoms with Crippen LogP contribution < -0.4 is 0 Å². The molecular weight excluding hydrogens is 329 g/mol. The van der Waals surface area contributed by atoms with Crippen LogP contribution in [0.3, 0.4) is 0 Å². The van der Waals surface area contributed by atoms with Gasteiger partial charge >= 0.3 is 6.18 Å². The van der Waals surface area contributed by atoms with Crippen molar-refractivity contribution in [3.8, 4) is 11.1 Å². The Morgan fingerprint density at radius 2 is 1.14 bits per heavy atom. The highest BCUT2D eigenvalue weighted by Gasteiger charge is 2.34. The van der Waals surface area contributed by atoms with Crippen LogP contribution in [0.2, 0.25) is 0 Å². The first-order valence-corrected chi connectivity index (χ1v) is 5.31. The highest BCUT2D eigenvalue weighted by atomic mass is 19.4. The van der Waals surface area contributed by atoms with Crippen LogP contribution in [0.1, 0.15) is 5.69 Å². The van der Waals surface area contributed by atoms with Crippen molar-refractivity contribution >= 4 is 0 Å². The molecule has 0 aliphatic carbocycles. The van der Waals surface area contributed by atoms with Crippen molar-refractivity contribution in [2.75, 3.05) is 0 Å². The first kappa shape index (κ1) is 16.1. The Bertz CT molecular complexity index is 722. The van der Waals surface area contributed by atoms with Gasteiger partial charge in [0.25, 0.3) is 0 Å². The van der Waals surface area contributed by atoms with Gasteiger partial charge in [-0.25, -0.2) is 26.9 Å². The summed E-state index contributed by atoms with van der Waals surface area (Å²) in [6.45, 7) is 0. The monoisotopic (exact) mass is 331 g/mol. The maximum absolute atomic E-state index is 13.5. The van der Waals surface area contributed by atoms with Crippen molar-refractivity contribution in [1.82, 2.24) is 4.98 Å². The molecule has 1 aromatic carbocycles. The van der Waals surface area contributed by atoms with E-state index in [0.717, 1.165) is 0 Å². The quantitative estimate of drug-likeness (QED) is 0.322. The van der Waals surface area contributed by atoms with Crippen molar-refractivity contribution in [3.63, 3.8) is 0 Å². The van der Waals surface area contributed by atoms with Crippen LogP contribution >= 0.6 is 0 Å². The summed E-state index contributed by atoms with van der Waals surface area (Å²) < 4.78 is 116. The summed E-state index contributed by atoms with van der Waals surface area (Å²) in [7, 11) is 0. The Morgan fingerprint density at radius 3 is 1.55 bits per heavy atom. The molecule has 22 heavy (non-hydrogen) atoms. The Labute approximate surface area is 116 Å². The van der Waals surface area contributed by atoms with Gasteiger partial charge in [0.2, 0.25) is 11.8 Å². The number of benzene rings is 1. The van der Waals surface area contributed by atoms with Crippen molar-refractivity contribution < 1.29 is 39.5 Å². The first-order chi connectivity index (χ1) is 10.1. The number of nitrogens with zero attached hydrogens (tertiary/aromatic N) is 1. The number of rotatable bonds is 1. The summed E-state index contributed by atoms with van der Waals surface area (Å²) in [5.41, 5.74) is -4.71. The van der Waals surface area contributed by atoms with Crippen molar-refractivity contribution in [3.05, 3.63) is 52.9 Å². The molecule has 0 aliphatic rings. The van der Waals surface area contributed by atoms with E-state index in [2.05, 4.69) is 4.98 Å². The molecule has 1 aromatic heterocycles. The lowest BCUT2D eigenvalue weighted by atomic mass is 10.0. The molecule has 0 atom stereocenters. The molecule has 118 valence electrons. The molecule has 0 unspecified atom stereocenters. The molecule has 10 heteroatoms. The zero-order chi connectivity index (χ0) is 16.8. The van der Waals surface area contributed by atoms with Gasteiger partial charge in [-0.2, -0.15) is 17.6 Å². The zero-order valence-electron chi connectivity index (χ0n) is 10.0. The minimum absolute atomic E-state index is 0.149. The van der Waals surface area contributed by atoms with Crippen LogP contribution in [-0.2, 0) is 6.18 Å². The van der Waals surface area contributed by atoms with E-state index in [-0.39, 0.29) is 12.1 Å². The number of aromatic nitrogens is 1. The van der Waals surface area contributed by atoms with Crippen LogP contribution in [0.4, 0.5) is 39.5 Å². The van der Waals surface area contributed by atoms with Crippen molar-refractivity contribution in [2.24, 2.45) is 0 Å². The summed E-state index contributed by atoms with van der Waals surface area (Å²) in [5.74, 6) is -14.0. The molecule has 0 amide bonds.